The van der Waals surface area contributed by atoms with Crippen LogP contribution in [0.15, 0.2) is 22.8 Å². The molecule has 2 bridgehead atoms. The Bertz CT molecular complexity index is 415. The fraction of sp³-hybridized carbons (Fsp3) is 0.643. The summed E-state index contributed by atoms with van der Waals surface area (Å²) in [5.41, 5.74) is 0. The van der Waals surface area contributed by atoms with Crippen LogP contribution in [0.25, 0.3) is 0 Å². The number of fused-ring (bicyclic) bond motifs is 2. The van der Waals surface area contributed by atoms with Crippen LogP contribution < -0.4 is 5.32 Å². The number of nitrogens with zero attached hydrogens (tertiary/aromatic N) is 1. The van der Waals surface area contributed by atoms with Crippen LogP contribution in [-0.2, 0) is 11.3 Å². The Hall–Kier alpha value is -1.29. The van der Waals surface area contributed by atoms with E-state index in [9.17, 15) is 4.79 Å². The van der Waals surface area contributed by atoms with Crippen LogP contribution in [0.2, 0.25) is 0 Å². The molecule has 2 aliphatic heterocycles. The molecule has 0 aliphatic carbocycles. The molecule has 18 heavy (non-hydrogen) atoms. The monoisotopic (exact) mass is 248 g/mol. The van der Waals surface area contributed by atoms with Gasteiger partial charge in [0.15, 0.2) is 0 Å². The smallest absolute Gasteiger partial charge is 0.227 e. The third-order valence-electron chi connectivity index (χ3n) is 4.24. The van der Waals surface area contributed by atoms with E-state index in [2.05, 4.69) is 5.32 Å². The molecule has 0 aromatic carbocycles. The second-order valence-corrected chi connectivity index (χ2v) is 5.32. The van der Waals surface area contributed by atoms with Crippen molar-refractivity contribution in [2.24, 2.45) is 5.92 Å². The molecule has 1 aromatic heterocycles. The molecule has 4 heteroatoms. The molecule has 1 amide bonds. The maximum absolute atomic E-state index is 12.5. The molecule has 0 spiro atoms. The normalized spacial score (nSPS) is 29.7. The van der Waals surface area contributed by atoms with E-state index >= 15 is 0 Å². The largest absolute Gasteiger partial charge is 0.467 e. The van der Waals surface area contributed by atoms with Gasteiger partial charge in [0.25, 0.3) is 0 Å². The van der Waals surface area contributed by atoms with E-state index in [1.54, 1.807) is 6.26 Å². The quantitative estimate of drug-likeness (QED) is 0.883. The molecule has 2 fully saturated rings. The summed E-state index contributed by atoms with van der Waals surface area (Å²) in [5.74, 6) is 1.33. The summed E-state index contributed by atoms with van der Waals surface area (Å²) >= 11 is 0. The summed E-state index contributed by atoms with van der Waals surface area (Å²) < 4.78 is 5.33. The van der Waals surface area contributed by atoms with Crippen LogP contribution in [0.4, 0.5) is 0 Å². The van der Waals surface area contributed by atoms with Crippen LogP contribution in [0.5, 0.6) is 0 Å². The Morgan fingerprint density at radius 3 is 3.00 bits per heavy atom. The topological polar surface area (TPSA) is 45.5 Å². The Morgan fingerprint density at radius 1 is 1.56 bits per heavy atom. The number of carbonyl (C=O) groups excluding carboxylic acids is 1. The van der Waals surface area contributed by atoms with Gasteiger partial charge in [-0.1, -0.05) is 0 Å². The zero-order valence-corrected chi connectivity index (χ0v) is 10.8. The first-order chi connectivity index (χ1) is 8.78. The van der Waals surface area contributed by atoms with Gasteiger partial charge < -0.3 is 14.6 Å². The molecular weight excluding hydrogens is 228 g/mol. The van der Waals surface area contributed by atoms with Crippen LogP contribution in [0.3, 0.4) is 0 Å². The van der Waals surface area contributed by atoms with Gasteiger partial charge in [-0.05, 0) is 38.3 Å². The summed E-state index contributed by atoms with van der Waals surface area (Å²) in [6.07, 6.45) is 5.06. The standard InChI is InChI=1S/C14H20N2O2/c1-2-16(9-11-4-3-7-18-11)14(17)12-8-10-5-6-13(12)15-10/h3-4,7,10,12-13,15H,2,5-6,8-9H2,1H3. The Kier molecular flexibility index (Phi) is 3.12. The minimum atomic E-state index is 0.179. The van der Waals surface area contributed by atoms with E-state index < -0.39 is 0 Å². The number of rotatable bonds is 4. The van der Waals surface area contributed by atoms with Crippen LogP contribution in [0.1, 0.15) is 31.9 Å². The second kappa shape index (κ2) is 4.76. The van der Waals surface area contributed by atoms with Crippen molar-refractivity contribution in [2.45, 2.75) is 44.8 Å². The van der Waals surface area contributed by atoms with E-state index in [0.29, 0.717) is 18.6 Å². The van der Waals surface area contributed by atoms with Crippen molar-refractivity contribution >= 4 is 5.91 Å². The maximum Gasteiger partial charge on any atom is 0.227 e. The lowest BCUT2D eigenvalue weighted by Crippen LogP contribution is -2.40. The molecule has 2 aliphatic rings. The lowest BCUT2D eigenvalue weighted by Gasteiger charge is -2.27. The molecule has 1 N–H and O–H groups in total. The fourth-order valence-electron chi connectivity index (χ4n) is 3.27. The Morgan fingerprint density at radius 2 is 2.44 bits per heavy atom. The molecule has 4 nitrogen and oxygen atoms in total. The third-order valence-corrected chi connectivity index (χ3v) is 4.24. The molecular formula is C14H20N2O2. The Labute approximate surface area is 107 Å². The number of carbonyl (C=O) groups is 1. The highest BCUT2D eigenvalue weighted by atomic mass is 16.3. The molecule has 3 unspecified atom stereocenters. The highest BCUT2D eigenvalue weighted by molar-refractivity contribution is 5.80. The molecule has 3 atom stereocenters. The zero-order chi connectivity index (χ0) is 12.5. The summed E-state index contributed by atoms with van der Waals surface area (Å²) in [7, 11) is 0. The summed E-state index contributed by atoms with van der Waals surface area (Å²) in [6, 6.07) is 4.78. The van der Waals surface area contributed by atoms with Gasteiger partial charge >= 0.3 is 0 Å². The van der Waals surface area contributed by atoms with E-state index in [-0.39, 0.29) is 11.8 Å². The molecule has 98 valence electrons. The van der Waals surface area contributed by atoms with Gasteiger partial charge in [-0.3, -0.25) is 4.79 Å². The second-order valence-electron chi connectivity index (χ2n) is 5.32. The minimum absolute atomic E-state index is 0.179. The zero-order valence-electron chi connectivity index (χ0n) is 10.8. The van der Waals surface area contributed by atoms with Crippen molar-refractivity contribution in [3.05, 3.63) is 24.2 Å². The average Bonchev–Trinajstić information content (AvgIpc) is 3.11. The van der Waals surface area contributed by atoms with Gasteiger partial charge in [-0.2, -0.15) is 0 Å². The predicted molar refractivity (Wildman–Crippen MR) is 67.9 cm³/mol. The number of furan rings is 1. The van der Waals surface area contributed by atoms with Gasteiger partial charge in [-0.25, -0.2) is 0 Å². The molecule has 3 rings (SSSR count). The van der Waals surface area contributed by atoms with Crippen LogP contribution in [0, 0.1) is 5.92 Å². The molecule has 2 saturated heterocycles. The lowest BCUT2D eigenvalue weighted by molar-refractivity contribution is -0.136. The first-order valence-corrected chi connectivity index (χ1v) is 6.85. The minimum Gasteiger partial charge on any atom is -0.467 e. The molecule has 0 radical (unpaired) electrons. The highest BCUT2D eigenvalue weighted by Gasteiger charge is 2.43. The highest BCUT2D eigenvalue weighted by Crippen LogP contribution is 2.34. The molecule has 0 saturated carbocycles. The average molecular weight is 248 g/mol. The Balaban J connectivity index is 1.66. The van der Waals surface area contributed by atoms with E-state index in [4.69, 9.17) is 4.42 Å². The van der Waals surface area contributed by atoms with Crippen molar-refractivity contribution in [2.75, 3.05) is 6.54 Å². The van der Waals surface area contributed by atoms with Crippen LogP contribution >= 0.6 is 0 Å². The molecule has 1 aromatic rings. The SMILES string of the molecule is CCN(Cc1ccco1)C(=O)C1CC2CCC1N2. The summed E-state index contributed by atoms with van der Waals surface area (Å²) in [6.45, 7) is 3.37. The number of hydrogen-bond donors (Lipinski definition) is 1. The van der Waals surface area contributed by atoms with Crippen molar-refractivity contribution in [3.63, 3.8) is 0 Å². The fourth-order valence-corrected chi connectivity index (χ4v) is 3.27. The first kappa shape index (κ1) is 11.8. The number of nitrogens with one attached hydrogen (secondary N) is 1. The van der Waals surface area contributed by atoms with Crippen LogP contribution in [-0.4, -0.2) is 29.4 Å². The van der Waals surface area contributed by atoms with Gasteiger partial charge in [0.2, 0.25) is 5.91 Å². The lowest BCUT2D eigenvalue weighted by atomic mass is 9.88. The van der Waals surface area contributed by atoms with E-state index in [1.165, 1.54) is 6.42 Å². The number of hydrogen-bond acceptors (Lipinski definition) is 3. The van der Waals surface area contributed by atoms with E-state index in [1.807, 2.05) is 24.0 Å². The summed E-state index contributed by atoms with van der Waals surface area (Å²) in [4.78, 5) is 14.4. The van der Waals surface area contributed by atoms with Gasteiger partial charge in [-0.15, -0.1) is 0 Å². The maximum atomic E-state index is 12.5. The van der Waals surface area contributed by atoms with Gasteiger partial charge in [0, 0.05) is 18.6 Å². The van der Waals surface area contributed by atoms with E-state index in [0.717, 1.165) is 25.1 Å². The van der Waals surface area contributed by atoms with Gasteiger partial charge in [0.05, 0.1) is 18.7 Å². The summed E-state index contributed by atoms with van der Waals surface area (Å²) in [5, 5.41) is 3.53. The van der Waals surface area contributed by atoms with Crippen molar-refractivity contribution < 1.29 is 9.21 Å². The van der Waals surface area contributed by atoms with Crippen molar-refractivity contribution in [1.82, 2.24) is 10.2 Å². The molecule has 3 heterocycles. The van der Waals surface area contributed by atoms with Crippen molar-refractivity contribution in [3.8, 4) is 0 Å². The predicted octanol–water partition coefficient (Wildman–Crippen LogP) is 1.77. The van der Waals surface area contributed by atoms with Crippen molar-refractivity contribution in [1.29, 1.82) is 0 Å². The number of amides is 1. The van der Waals surface area contributed by atoms with Gasteiger partial charge in [0.1, 0.15) is 5.76 Å². The first-order valence-electron chi connectivity index (χ1n) is 6.85. The third kappa shape index (κ3) is 2.05.